The van der Waals surface area contributed by atoms with E-state index in [4.69, 9.17) is 0 Å². The smallest absolute Gasteiger partial charge is 0.399 e. The van der Waals surface area contributed by atoms with Gasteiger partial charge in [-0.1, -0.05) is 67.3 Å². The fourth-order valence-corrected chi connectivity index (χ4v) is 3.81. The van der Waals surface area contributed by atoms with Crippen LogP contribution in [0.2, 0.25) is 0 Å². The zero-order chi connectivity index (χ0) is 25.9. The first-order chi connectivity index (χ1) is 17.1. The third-order valence-corrected chi connectivity index (χ3v) is 5.71. The van der Waals surface area contributed by atoms with Gasteiger partial charge >= 0.3 is 6.36 Å². The molecule has 0 unspecified atom stereocenters. The van der Waals surface area contributed by atoms with Crippen molar-refractivity contribution < 1.29 is 31.1 Å². The molecule has 0 fully saturated rings. The Kier molecular flexibility index (Phi) is 7.25. The van der Waals surface area contributed by atoms with Gasteiger partial charge in [0.25, 0.3) is 0 Å². The van der Waals surface area contributed by atoms with Crippen LogP contribution < -0.4 is 4.74 Å². The number of ether oxygens (including phenoxy) is 1. The van der Waals surface area contributed by atoms with Crippen LogP contribution >= 0.6 is 0 Å². The second-order valence-electron chi connectivity index (χ2n) is 8.22. The Labute approximate surface area is 204 Å². The van der Waals surface area contributed by atoms with E-state index in [-0.39, 0.29) is 11.1 Å². The monoisotopic (exact) mass is 498 g/mol. The van der Waals surface area contributed by atoms with Gasteiger partial charge in [0.2, 0.25) is 5.75 Å². The largest absolute Gasteiger partial charge is 0.573 e. The molecule has 184 valence electrons. The third kappa shape index (κ3) is 6.01. The predicted octanol–water partition coefficient (Wildman–Crippen LogP) is 7.90. The number of fused-ring (bicyclic) bond motifs is 1. The van der Waals surface area contributed by atoms with Crippen molar-refractivity contribution in [1.82, 2.24) is 0 Å². The molecule has 0 heterocycles. The van der Waals surface area contributed by atoms with Crippen molar-refractivity contribution in [2.75, 3.05) is 0 Å². The van der Waals surface area contributed by atoms with Gasteiger partial charge in [-0.15, -0.1) is 13.2 Å². The van der Waals surface area contributed by atoms with Gasteiger partial charge in [0, 0.05) is 10.9 Å². The van der Waals surface area contributed by atoms with Crippen LogP contribution in [0.15, 0.2) is 66.7 Å². The van der Waals surface area contributed by atoms with Gasteiger partial charge in [-0.3, -0.25) is 0 Å². The van der Waals surface area contributed by atoms with Crippen LogP contribution in [0.3, 0.4) is 0 Å². The maximum absolute atomic E-state index is 15.0. The Hall–Kier alpha value is -3.92. The van der Waals surface area contributed by atoms with Gasteiger partial charge in [0.05, 0.1) is 5.56 Å². The lowest BCUT2D eigenvalue weighted by atomic mass is 9.99. The van der Waals surface area contributed by atoms with E-state index in [1.54, 1.807) is 12.1 Å². The van der Waals surface area contributed by atoms with Crippen LogP contribution in [0.25, 0.3) is 10.8 Å². The summed E-state index contributed by atoms with van der Waals surface area (Å²) >= 11 is 0. The van der Waals surface area contributed by atoms with Crippen molar-refractivity contribution in [3.8, 4) is 17.6 Å². The van der Waals surface area contributed by atoms with Crippen molar-refractivity contribution >= 4 is 10.8 Å². The summed E-state index contributed by atoms with van der Waals surface area (Å²) in [5, 5.41) is 1.02. The van der Waals surface area contributed by atoms with Gasteiger partial charge in [0.1, 0.15) is 5.82 Å². The number of hydrogen-bond acceptors (Lipinski definition) is 1. The van der Waals surface area contributed by atoms with E-state index in [0.29, 0.717) is 22.9 Å². The molecule has 0 N–H and O–H groups in total. The summed E-state index contributed by atoms with van der Waals surface area (Å²) in [4.78, 5) is 0. The molecule has 36 heavy (non-hydrogen) atoms. The molecule has 0 saturated carbocycles. The van der Waals surface area contributed by atoms with Gasteiger partial charge in [0.15, 0.2) is 11.6 Å². The SMILES string of the molecule is CCc1ccc(CCc2ccc3c(F)c(C#Cc4cc(F)c(OC(F)(F)F)c(F)c4)ccc3c2)cc1. The Morgan fingerprint density at radius 2 is 1.33 bits per heavy atom. The fraction of sp³-hybridized carbons (Fsp3) is 0.172. The highest BCUT2D eigenvalue weighted by Gasteiger charge is 2.34. The third-order valence-electron chi connectivity index (χ3n) is 5.71. The lowest BCUT2D eigenvalue weighted by Gasteiger charge is -2.10. The minimum Gasteiger partial charge on any atom is -0.399 e. The molecule has 7 heteroatoms. The number of halogens is 6. The van der Waals surface area contributed by atoms with Gasteiger partial charge < -0.3 is 4.74 Å². The van der Waals surface area contributed by atoms with E-state index in [2.05, 4.69) is 47.8 Å². The van der Waals surface area contributed by atoms with E-state index < -0.39 is 29.6 Å². The number of aryl methyl sites for hydroxylation is 3. The molecule has 1 nitrogen and oxygen atoms in total. The van der Waals surface area contributed by atoms with Crippen molar-refractivity contribution in [1.29, 1.82) is 0 Å². The predicted molar refractivity (Wildman–Crippen MR) is 126 cm³/mol. The van der Waals surface area contributed by atoms with E-state index in [0.717, 1.165) is 24.8 Å². The summed E-state index contributed by atoms with van der Waals surface area (Å²) in [6, 6.07) is 18.2. The van der Waals surface area contributed by atoms with E-state index in [1.165, 1.54) is 17.2 Å². The molecular weight excluding hydrogens is 478 g/mol. The highest BCUT2D eigenvalue weighted by atomic mass is 19.4. The normalized spacial score (nSPS) is 11.3. The van der Waals surface area contributed by atoms with Crippen LogP contribution in [-0.4, -0.2) is 6.36 Å². The van der Waals surface area contributed by atoms with Crippen LogP contribution in [0, 0.1) is 29.3 Å². The van der Waals surface area contributed by atoms with Gasteiger partial charge in [-0.2, -0.15) is 0 Å². The first kappa shape index (κ1) is 25.2. The molecule has 4 aromatic carbocycles. The zero-order valence-electron chi connectivity index (χ0n) is 19.1. The molecule has 0 bridgehead atoms. The number of hydrogen-bond donors (Lipinski definition) is 0. The van der Waals surface area contributed by atoms with Gasteiger partial charge in [-0.25, -0.2) is 13.2 Å². The molecule has 4 aromatic rings. The molecule has 0 aliphatic carbocycles. The van der Waals surface area contributed by atoms with Crippen LogP contribution in [0.5, 0.6) is 5.75 Å². The van der Waals surface area contributed by atoms with E-state index >= 15 is 4.39 Å². The van der Waals surface area contributed by atoms with Crippen molar-refractivity contribution in [3.63, 3.8) is 0 Å². The zero-order valence-corrected chi connectivity index (χ0v) is 19.1. The van der Waals surface area contributed by atoms with Crippen molar-refractivity contribution in [2.24, 2.45) is 0 Å². The summed E-state index contributed by atoms with van der Waals surface area (Å²) < 4.78 is 83.0. The van der Waals surface area contributed by atoms with Crippen molar-refractivity contribution in [3.05, 3.63) is 112 Å². The maximum atomic E-state index is 15.0. The molecule has 0 aromatic heterocycles. The highest BCUT2D eigenvalue weighted by molar-refractivity contribution is 5.85. The molecule has 0 aliphatic heterocycles. The minimum atomic E-state index is -5.25. The Morgan fingerprint density at radius 1 is 0.722 bits per heavy atom. The summed E-state index contributed by atoms with van der Waals surface area (Å²) in [6.45, 7) is 2.11. The van der Waals surface area contributed by atoms with Gasteiger partial charge in [-0.05, 0) is 59.5 Å². The molecule has 0 radical (unpaired) electrons. The van der Waals surface area contributed by atoms with E-state index in [9.17, 15) is 22.0 Å². The molecular formula is C29H20F6O. The molecule has 0 spiro atoms. The summed E-state index contributed by atoms with van der Waals surface area (Å²) in [5.74, 6) is -0.417. The average Bonchev–Trinajstić information content (AvgIpc) is 2.84. The van der Waals surface area contributed by atoms with Crippen LogP contribution in [0.4, 0.5) is 26.3 Å². The molecule has 0 atom stereocenters. The Bertz CT molecular complexity index is 1440. The topological polar surface area (TPSA) is 9.23 Å². The molecule has 4 rings (SSSR count). The number of alkyl halides is 3. The first-order valence-corrected chi connectivity index (χ1v) is 11.2. The van der Waals surface area contributed by atoms with Crippen molar-refractivity contribution in [2.45, 2.75) is 32.5 Å². The standard InChI is InChI=1S/C29H20F6O/c1-2-18-3-5-19(6-4-18)7-8-20-10-14-24-23(15-20)13-12-22(27(24)32)11-9-21-16-25(30)28(26(31)17-21)36-29(33,34)35/h3-6,10,12-17H,2,7-8H2,1H3. The Morgan fingerprint density at radius 3 is 1.97 bits per heavy atom. The summed E-state index contributed by atoms with van der Waals surface area (Å²) in [5.41, 5.74) is 3.27. The average molecular weight is 498 g/mol. The van der Waals surface area contributed by atoms with E-state index in [1.807, 2.05) is 12.1 Å². The Balaban J connectivity index is 1.53. The molecule has 0 aliphatic rings. The van der Waals surface area contributed by atoms with Crippen LogP contribution in [-0.2, 0) is 19.3 Å². The highest BCUT2D eigenvalue weighted by Crippen LogP contribution is 2.29. The fourth-order valence-electron chi connectivity index (χ4n) is 3.81. The lowest BCUT2D eigenvalue weighted by molar-refractivity contribution is -0.276. The number of benzene rings is 4. The molecule has 0 amide bonds. The number of rotatable bonds is 5. The first-order valence-electron chi connectivity index (χ1n) is 11.2. The summed E-state index contributed by atoms with van der Waals surface area (Å²) in [7, 11) is 0. The summed E-state index contributed by atoms with van der Waals surface area (Å²) in [6.07, 6.45) is -2.62. The molecule has 0 saturated heterocycles. The minimum absolute atomic E-state index is 0.0114. The second kappa shape index (κ2) is 10.4. The maximum Gasteiger partial charge on any atom is 0.573 e. The second-order valence-corrected chi connectivity index (χ2v) is 8.22. The quantitative estimate of drug-likeness (QED) is 0.201. The lowest BCUT2D eigenvalue weighted by Crippen LogP contribution is -2.19. The van der Waals surface area contributed by atoms with Crippen LogP contribution in [0.1, 0.15) is 34.7 Å².